The molecular weight excluding hydrogens is 424 g/mol. The smallest absolute Gasteiger partial charge is 0.387 e. The van der Waals surface area contributed by atoms with Crippen molar-refractivity contribution in [3.8, 4) is 5.75 Å². The number of rotatable bonds is 7. The van der Waals surface area contributed by atoms with Gasteiger partial charge in [-0.1, -0.05) is 27.2 Å². The summed E-state index contributed by atoms with van der Waals surface area (Å²) in [5.74, 6) is -0.433. The molecule has 0 radical (unpaired) electrons. The maximum atomic E-state index is 12.7. The van der Waals surface area contributed by atoms with Crippen molar-refractivity contribution in [3.63, 3.8) is 0 Å². The molecule has 1 amide bonds. The third-order valence-electron chi connectivity index (χ3n) is 6.24. The summed E-state index contributed by atoms with van der Waals surface area (Å²) in [6.07, 6.45) is 3.67. The van der Waals surface area contributed by atoms with Gasteiger partial charge in [0.25, 0.3) is 5.91 Å². The number of halogens is 2. The number of hydrogen-bond donors (Lipinski definition) is 1. The van der Waals surface area contributed by atoms with E-state index in [0.717, 1.165) is 36.1 Å². The number of fused-ring (bicyclic) bond motifs is 1. The molecule has 0 aliphatic heterocycles. The van der Waals surface area contributed by atoms with E-state index in [1.54, 1.807) is 0 Å². The number of carbonyl (C=O) groups excluding carboxylic acids is 2. The SMILES string of the molecule is CCC(C)(C)[C@@H]1CCc2c(sc(NC(=O)c3ccc(OC(F)F)cc3)c2C(=O)OC)C1. The number of esters is 1. The zero-order valence-electron chi connectivity index (χ0n) is 18.1. The molecule has 1 heterocycles. The number of nitrogens with one attached hydrogen (secondary N) is 1. The van der Waals surface area contributed by atoms with Crippen LogP contribution >= 0.6 is 11.3 Å². The molecule has 2 aromatic rings. The van der Waals surface area contributed by atoms with Crippen molar-refractivity contribution in [2.45, 2.75) is 53.1 Å². The second-order valence-electron chi connectivity index (χ2n) is 8.34. The van der Waals surface area contributed by atoms with Crippen LogP contribution in [-0.4, -0.2) is 25.6 Å². The van der Waals surface area contributed by atoms with E-state index < -0.39 is 18.5 Å². The van der Waals surface area contributed by atoms with Gasteiger partial charge in [0.2, 0.25) is 0 Å². The lowest BCUT2D eigenvalue weighted by molar-refractivity contribution is -0.0498. The Kier molecular flexibility index (Phi) is 6.99. The average Bonchev–Trinajstić information content (AvgIpc) is 3.10. The average molecular weight is 452 g/mol. The quantitative estimate of drug-likeness (QED) is 0.530. The van der Waals surface area contributed by atoms with E-state index in [4.69, 9.17) is 4.74 Å². The molecule has 1 aromatic heterocycles. The van der Waals surface area contributed by atoms with Crippen LogP contribution in [0.1, 0.15) is 64.8 Å². The standard InChI is InChI=1S/C23H27F2NO4S/c1-5-23(2,3)14-8-11-16-17(12-14)31-20(18(16)21(28)29-4)26-19(27)13-6-9-15(10-7-13)30-22(24)25/h6-7,9-10,14,22H,5,8,11-12H2,1-4H3,(H,26,27)/t14-/m1/s1. The minimum absolute atomic E-state index is 0.0297. The van der Waals surface area contributed by atoms with Crippen molar-refractivity contribution < 1.29 is 27.8 Å². The highest BCUT2D eigenvalue weighted by Crippen LogP contribution is 2.45. The summed E-state index contributed by atoms with van der Waals surface area (Å²) < 4.78 is 33.9. The lowest BCUT2D eigenvalue weighted by Crippen LogP contribution is -2.28. The number of thiophene rings is 1. The molecule has 0 unspecified atom stereocenters. The van der Waals surface area contributed by atoms with Gasteiger partial charge in [0.05, 0.1) is 12.7 Å². The van der Waals surface area contributed by atoms with E-state index >= 15 is 0 Å². The van der Waals surface area contributed by atoms with E-state index in [1.165, 1.54) is 42.7 Å². The molecule has 0 spiro atoms. The van der Waals surface area contributed by atoms with Gasteiger partial charge >= 0.3 is 12.6 Å². The zero-order valence-corrected chi connectivity index (χ0v) is 18.9. The fourth-order valence-corrected chi connectivity index (χ4v) is 5.22. The molecule has 0 saturated carbocycles. The Balaban J connectivity index is 1.86. The van der Waals surface area contributed by atoms with Crippen LogP contribution < -0.4 is 10.1 Å². The van der Waals surface area contributed by atoms with Gasteiger partial charge in [-0.3, -0.25) is 4.79 Å². The Morgan fingerprint density at radius 1 is 1.26 bits per heavy atom. The molecule has 31 heavy (non-hydrogen) atoms. The zero-order chi connectivity index (χ0) is 22.8. The monoisotopic (exact) mass is 451 g/mol. The fraction of sp³-hybridized carbons (Fsp3) is 0.478. The van der Waals surface area contributed by atoms with Gasteiger partial charge in [-0.05, 0) is 60.4 Å². The van der Waals surface area contributed by atoms with Crippen LogP contribution in [0.2, 0.25) is 0 Å². The van der Waals surface area contributed by atoms with Crippen molar-refractivity contribution in [3.05, 3.63) is 45.8 Å². The third kappa shape index (κ3) is 5.06. The predicted molar refractivity (Wildman–Crippen MR) is 116 cm³/mol. The number of carbonyl (C=O) groups is 2. The van der Waals surface area contributed by atoms with Crippen LogP contribution in [0.25, 0.3) is 0 Å². The first-order valence-corrected chi connectivity index (χ1v) is 11.1. The molecular formula is C23H27F2NO4S. The molecule has 8 heteroatoms. The molecule has 1 N–H and O–H groups in total. The second kappa shape index (κ2) is 9.34. The summed E-state index contributed by atoms with van der Waals surface area (Å²) >= 11 is 1.41. The highest BCUT2D eigenvalue weighted by Gasteiger charge is 2.35. The van der Waals surface area contributed by atoms with Crippen molar-refractivity contribution in [2.75, 3.05) is 12.4 Å². The largest absolute Gasteiger partial charge is 0.465 e. The Labute approximate surface area is 184 Å². The van der Waals surface area contributed by atoms with Gasteiger partial charge in [-0.25, -0.2) is 4.79 Å². The van der Waals surface area contributed by atoms with E-state index in [2.05, 4.69) is 30.8 Å². The Morgan fingerprint density at radius 3 is 2.52 bits per heavy atom. The molecule has 1 aliphatic carbocycles. The van der Waals surface area contributed by atoms with E-state index in [0.29, 0.717) is 16.5 Å². The first-order chi connectivity index (χ1) is 14.7. The molecule has 1 aromatic carbocycles. The summed E-state index contributed by atoms with van der Waals surface area (Å²) in [5.41, 5.74) is 1.84. The number of amides is 1. The Bertz CT molecular complexity index is 953. The molecule has 1 aliphatic rings. The molecule has 0 saturated heterocycles. The van der Waals surface area contributed by atoms with Crippen molar-refractivity contribution in [1.82, 2.24) is 0 Å². The minimum Gasteiger partial charge on any atom is -0.465 e. The summed E-state index contributed by atoms with van der Waals surface area (Å²) in [6, 6.07) is 5.41. The van der Waals surface area contributed by atoms with Crippen LogP contribution in [-0.2, 0) is 17.6 Å². The summed E-state index contributed by atoms with van der Waals surface area (Å²) in [6.45, 7) is 3.79. The van der Waals surface area contributed by atoms with Crippen LogP contribution in [0.3, 0.4) is 0 Å². The van der Waals surface area contributed by atoms with Crippen LogP contribution in [0.5, 0.6) is 5.75 Å². The van der Waals surface area contributed by atoms with Crippen LogP contribution in [0, 0.1) is 11.3 Å². The Morgan fingerprint density at radius 2 is 1.94 bits per heavy atom. The third-order valence-corrected chi connectivity index (χ3v) is 7.41. The number of hydrogen-bond acceptors (Lipinski definition) is 5. The maximum Gasteiger partial charge on any atom is 0.387 e. The number of ether oxygens (including phenoxy) is 2. The lowest BCUT2D eigenvalue weighted by atomic mass is 9.69. The first kappa shape index (κ1) is 23.2. The lowest BCUT2D eigenvalue weighted by Gasteiger charge is -2.36. The minimum atomic E-state index is -2.93. The number of anilines is 1. The highest BCUT2D eigenvalue weighted by atomic mass is 32.1. The second-order valence-corrected chi connectivity index (χ2v) is 9.44. The molecule has 1 atom stereocenters. The molecule has 0 bridgehead atoms. The van der Waals surface area contributed by atoms with Crippen molar-refractivity contribution >= 4 is 28.2 Å². The number of methoxy groups -OCH3 is 1. The summed E-state index contributed by atoms with van der Waals surface area (Å²) in [5, 5.41) is 3.28. The van der Waals surface area contributed by atoms with Gasteiger partial charge in [-0.15, -0.1) is 11.3 Å². The summed E-state index contributed by atoms with van der Waals surface area (Å²) in [4.78, 5) is 26.4. The van der Waals surface area contributed by atoms with Gasteiger partial charge in [0.15, 0.2) is 0 Å². The number of alkyl halides is 2. The first-order valence-electron chi connectivity index (χ1n) is 10.2. The van der Waals surface area contributed by atoms with Crippen LogP contribution in [0.4, 0.5) is 13.8 Å². The van der Waals surface area contributed by atoms with Gasteiger partial charge in [0, 0.05) is 10.4 Å². The van der Waals surface area contributed by atoms with E-state index in [-0.39, 0.29) is 16.7 Å². The normalized spacial score (nSPS) is 16.0. The van der Waals surface area contributed by atoms with Crippen LogP contribution in [0.15, 0.2) is 24.3 Å². The highest BCUT2D eigenvalue weighted by molar-refractivity contribution is 7.17. The Hall–Kier alpha value is -2.48. The van der Waals surface area contributed by atoms with Gasteiger partial charge in [0.1, 0.15) is 10.8 Å². The maximum absolute atomic E-state index is 12.7. The fourth-order valence-electron chi connectivity index (χ4n) is 3.91. The summed E-state index contributed by atoms with van der Waals surface area (Å²) in [7, 11) is 1.32. The van der Waals surface area contributed by atoms with E-state index in [9.17, 15) is 18.4 Å². The molecule has 5 nitrogen and oxygen atoms in total. The number of benzene rings is 1. The van der Waals surface area contributed by atoms with Crippen molar-refractivity contribution in [1.29, 1.82) is 0 Å². The van der Waals surface area contributed by atoms with E-state index in [1.807, 2.05) is 0 Å². The topological polar surface area (TPSA) is 64.6 Å². The molecule has 0 fully saturated rings. The van der Waals surface area contributed by atoms with Gasteiger partial charge < -0.3 is 14.8 Å². The predicted octanol–water partition coefficient (Wildman–Crippen LogP) is 5.93. The molecule has 3 rings (SSSR count). The van der Waals surface area contributed by atoms with Gasteiger partial charge in [-0.2, -0.15) is 8.78 Å². The molecule has 168 valence electrons. The van der Waals surface area contributed by atoms with Crippen molar-refractivity contribution in [2.24, 2.45) is 11.3 Å².